The summed E-state index contributed by atoms with van der Waals surface area (Å²) in [5.74, 6) is 0.999. The number of nitrogens with zero attached hydrogens (tertiary/aromatic N) is 2. The Bertz CT molecular complexity index is 376. The van der Waals surface area contributed by atoms with E-state index in [1.165, 1.54) is 32.1 Å². The number of anilines is 2. The van der Waals surface area contributed by atoms with E-state index in [1.807, 2.05) is 19.1 Å². The minimum atomic E-state index is 0.606. The predicted octanol–water partition coefficient (Wildman–Crippen LogP) is 3.13. The average Bonchev–Trinajstić information content (AvgIpc) is 2.57. The van der Waals surface area contributed by atoms with E-state index in [2.05, 4.69) is 16.8 Å². The lowest BCUT2D eigenvalue weighted by Gasteiger charge is -2.31. The highest BCUT2D eigenvalue weighted by Crippen LogP contribution is 2.28. The molecule has 1 fully saturated rings. The molecule has 1 unspecified atom stereocenters. The van der Waals surface area contributed by atoms with Crippen molar-refractivity contribution < 1.29 is 0 Å². The van der Waals surface area contributed by atoms with Gasteiger partial charge in [0.05, 0.1) is 5.69 Å². The van der Waals surface area contributed by atoms with Crippen molar-refractivity contribution in [2.75, 3.05) is 17.2 Å². The van der Waals surface area contributed by atoms with Crippen molar-refractivity contribution in [3.05, 3.63) is 17.8 Å². The van der Waals surface area contributed by atoms with Gasteiger partial charge >= 0.3 is 0 Å². The Balaban J connectivity index is 2.31. The topological polar surface area (TPSA) is 42.2 Å². The first-order chi connectivity index (χ1) is 8.22. The zero-order chi connectivity index (χ0) is 12.3. The molecule has 94 valence electrons. The van der Waals surface area contributed by atoms with Crippen molar-refractivity contribution in [3.63, 3.8) is 0 Å². The van der Waals surface area contributed by atoms with Crippen molar-refractivity contribution in [2.45, 2.75) is 52.0 Å². The minimum Gasteiger partial charge on any atom is -0.396 e. The van der Waals surface area contributed by atoms with Crippen LogP contribution in [-0.4, -0.2) is 17.6 Å². The van der Waals surface area contributed by atoms with E-state index in [0.717, 1.165) is 23.7 Å². The fraction of sp³-hybridized carbons (Fsp3) is 0.643. The Kier molecular flexibility index (Phi) is 3.87. The third kappa shape index (κ3) is 2.71. The summed E-state index contributed by atoms with van der Waals surface area (Å²) < 4.78 is 0. The van der Waals surface area contributed by atoms with Gasteiger partial charge in [0.2, 0.25) is 0 Å². The van der Waals surface area contributed by atoms with Crippen molar-refractivity contribution >= 4 is 11.5 Å². The number of hydrogen-bond donors (Lipinski definition) is 1. The molecule has 1 aromatic rings. The average molecular weight is 233 g/mol. The first-order valence-electron chi connectivity index (χ1n) is 6.72. The highest BCUT2D eigenvalue weighted by atomic mass is 15.2. The molecule has 3 nitrogen and oxygen atoms in total. The van der Waals surface area contributed by atoms with Crippen molar-refractivity contribution in [1.29, 1.82) is 0 Å². The smallest absolute Gasteiger partial charge is 0.152 e. The maximum Gasteiger partial charge on any atom is 0.152 e. The number of nitrogens with two attached hydrogens (primary N) is 1. The summed E-state index contributed by atoms with van der Waals surface area (Å²) in [6.07, 6.45) is 6.37. The van der Waals surface area contributed by atoms with E-state index in [9.17, 15) is 0 Å². The van der Waals surface area contributed by atoms with E-state index in [1.54, 1.807) is 0 Å². The Morgan fingerprint density at radius 1 is 1.35 bits per heavy atom. The third-order valence-electron chi connectivity index (χ3n) is 3.66. The SMILES string of the molecule is CCC1CCCCCN1c1nc(C)ccc1N. The molecule has 1 saturated heterocycles. The highest BCUT2D eigenvalue weighted by Gasteiger charge is 2.22. The Labute approximate surface area is 104 Å². The van der Waals surface area contributed by atoms with Gasteiger partial charge < -0.3 is 10.6 Å². The van der Waals surface area contributed by atoms with Gasteiger partial charge in [0.25, 0.3) is 0 Å². The summed E-state index contributed by atoms with van der Waals surface area (Å²) in [6.45, 7) is 5.38. The molecule has 0 bridgehead atoms. The molecule has 1 atom stereocenters. The summed E-state index contributed by atoms with van der Waals surface area (Å²) in [7, 11) is 0. The van der Waals surface area contributed by atoms with Gasteiger partial charge in [-0.1, -0.05) is 19.8 Å². The molecule has 0 saturated carbocycles. The lowest BCUT2D eigenvalue weighted by molar-refractivity contribution is 0.552. The lowest BCUT2D eigenvalue weighted by atomic mass is 10.1. The van der Waals surface area contributed by atoms with Gasteiger partial charge in [-0.2, -0.15) is 0 Å². The molecule has 0 amide bonds. The van der Waals surface area contributed by atoms with Gasteiger partial charge in [-0.3, -0.25) is 0 Å². The fourth-order valence-electron chi connectivity index (χ4n) is 2.66. The first-order valence-corrected chi connectivity index (χ1v) is 6.72. The molecule has 0 aromatic carbocycles. The quantitative estimate of drug-likeness (QED) is 0.853. The summed E-state index contributed by atoms with van der Waals surface area (Å²) in [5, 5.41) is 0. The van der Waals surface area contributed by atoms with Crippen LogP contribution in [0.2, 0.25) is 0 Å². The second-order valence-corrected chi connectivity index (χ2v) is 4.97. The van der Waals surface area contributed by atoms with Crippen LogP contribution in [0.4, 0.5) is 11.5 Å². The summed E-state index contributed by atoms with van der Waals surface area (Å²) in [4.78, 5) is 7.06. The summed E-state index contributed by atoms with van der Waals surface area (Å²) in [5.41, 5.74) is 7.95. The van der Waals surface area contributed by atoms with E-state index in [-0.39, 0.29) is 0 Å². The molecule has 2 rings (SSSR count). The molecule has 1 aromatic heterocycles. The molecule has 17 heavy (non-hydrogen) atoms. The molecule has 2 N–H and O–H groups in total. The van der Waals surface area contributed by atoms with E-state index in [4.69, 9.17) is 5.73 Å². The number of rotatable bonds is 2. The van der Waals surface area contributed by atoms with Crippen molar-refractivity contribution in [3.8, 4) is 0 Å². The summed E-state index contributed by atoms with van der Waals surface area (Å²) in [6, 6.07) is 4.57. The van der Waals surface area contributed by atoms with Crippen LogP contribution in [0, 0.1) is 6.92 Å². The van der Waals surface area contributed by atoms with Gasteiger partial charge in [0.15, 0.2) is 5.82 Å². The van der Waals surface area contributed by atoms with Crippen LogP contribution in [0.1, 0.15) is 44.7 Å². The van der Waals surface area contributed by atoms with Crippen LogP contribution in [0.5, 0.6) is 0 Å². The maximum atomic E-state index is 6.08. The van der Waals surface area contributed by atoms with Crippen LogP contribution < -0.4 is 10.6 Å². The van der Waals surface area contributed by atoms with Gasteiger partial charge in [-0.05, 0) is 38.3 Å². The molecule has 3 heteroatoms. The molecule has 1 aliphatic heterocycles. The van der Waals surface area contributed by atoms with Crippen LogP contribution in [0.15, 0.2) is 12.1 Å². The highest BCUT2D eigenvalue weighted by molar-refractivity contribution is 5.63. The van der Waals surface area contributed by atoms with Gasteiger partial charge in [0.1, 0.15) is 0 Å². The number of pyridine rings is 1. The van der Waals surface area contributed by atoms with Crippen molar-refractivity contribution in [1.82, 2.24) is 4.98 Å². The molecule has 2 heterocycles. The largest absolute Gasteiger partial charge is 0.396 e. The lowest BCUT2D eigenvalue weighted by Crippen LogP contribution is -2.35. The third-order valence-corrected chi connectivity index (χ3v) is 3.66. The number of nitrogen functional groups attached to an aromatic ring is 1. The molecule has 0 radical (unpaired) electrons. The molecule has 0 spiro atoms. The van der Waals surface area contributed by atoms with Crippen LogP contribution in [0.3, 0.4) is 0 Å². The standard InChI is InChI=1S/C14H23N3/c1-3-12-7-5-4-6-10-17(12)14-13(15)9-8-11(2)16-14/h8-9,12H,3-7,10,15H2,1-2H3. The summed E-state index contributed by atoms with van der Waals surface area (Å²) >= 11 is 0. The van der Waals surface area contributed by atoms with Crippen LogP contribution >= 0.6 is 0 Å². The number of hydrogen-bond acceptors (Lipinski definition) is 3. The molecular formula is C14H23N3. The Hall–Kier alpha value is -1.25. The van der Waals surface area contributed by atoms with E-state index in [0.29, 0.717) is 6.04 Å². The van der Waals surface area contributed by atoms with E-state index >= 15 is 0 Å². The zero-order valence-corrected chi connectivity index (χ0v) is 10.9. The van der Waals surface area contributed by atoms with E-state index < -0.39 is 0 Å². The zero-order valence-electron chi connectivity index (χ0n) is 10.9. The molecular weight excluding hydrogens is 210 g/mol. The van der Waals surface area contributed by atoms with Crippen LogP contribution in [0.25, 0.3) is 0 Å². The second kappa shape index (κ2) is 5.39. The van der Waals surface area contributed by atoms with Crippen molar-refractivity contribution in [2.24, 2.45) is 0 Å². The fourth-order valence-corrected chi connectivity index (χ4v) is 2.66. The Morgan fingerprint density at radius 2 is 2.18 bits per heavy atom. The number of aryl methyl sites for hydroxylation is 1. The number of aromatic nitrogens is 1. The second-order valence-electron chi connectivity index (χ2n) is 4.97. The first kappa shape index (κ1) is 12.2. The molecule has 1 aliphatic rings. The van der Waals surface area contributed by atoms with Crippen LogP contribution in [-0.2, 0) is 0 Å². The Morgan fingerprint density at radius 3 is 2.94 bits per heavy atom. The minimum absolute atomic E-state index is 0.606. The normalized spacial score (nSPS) is 21.3. The monoisotopic (exact) mass is 233 g/mol. The van der Waals surface area contributed by atoms with Gasteiger partial charge in [-0.15, -0.1) is 0 Å². The maximum absolute atomic E-state index is 6.08. The van der Waals surface area contributed by atoms with Gasteiger partial charge in [0, 0.05) is 18.3 Å². The molecule has 0 aliphatic carbocycles. The predicted molar refractivity (Wildman–Crippen MR) is 73.3 cm³/mol. The van der Waals surface area contributed by atoms with Gasteiger partial charge in [-0.25, -0.2) is 4.98 Å².